The molecule has 21 heavy (non-hydrogen) atoms. The molecule has 2 aromatic rings. The lowest BCUT2D eigenvalue weighted by Gasteiger charge is -2.26. The average molecular weight is 284 g/mol. The molecule has 0 aliphatic rings. The maximum atomic E-state index is 12.4. The second kappa shape index (κ2) is 6.31. The van der Waals surface area contributed by atoms with E-state index in [1.807, 2.05) is 37.3 Å². The number of likely N-dealkylation sites (N-methyl/N-ethyl adjacent to an activating group) is 1. The number of carbonyl (C=O) groups excluding carboxylic acids is 1. The molecule has 0 aliphatic heterocycles. The first-order chi connectivity index (χ1) is 10.0. The van der Waals surface area contributed by atoms with E-state index >= 15 is 0 Å². The molecule has 0 radical (unpaired) electrons. The number of nitrogens with zero attached hydrogens (tertiary/aromatic N) is 1. The number of phenolic OH excluding ortho intramolecular Hbond substituents is 1. The monoisotopic (exact) mass is 284 g/mol. The summed E-state index contributed by atoms with van der Waals surface area (Å²) in [4.78, 5) is 14.0. The van der Waals surface area contributed by atoms with Crippen LogP contribution in [0.2, 0.25) is 0 Å². The number of aromatic hydroxyl groups is 1. The Morgan fingerprint density at radius 3 is 2.48 bits per heavy atom. The number of amides is 1. The maximum absolute atomic E-state index is 12.4. The van der Waals surface area contributed by atoms with Gasteiger partial charge in [0.05, 0.1) is 12.5 Å². The number of hydrogen-bond donors (Lipinski definition) is 2. The van der Waals surface area contributed by atoms with Gasteiger partial charge in [-0.3, -0.25) is 4.79 Å². The van der Waals surface area contributed by atoms with Crippen molar-refractivity contribution in [3.8, 4) is 5.75 Å². The highest BCUT2D eigenvalue weighted by Gasteiger charge is 2.20. The van der Waals surface area contributed by atoms with Gasteiger partial charge >= 0.3 is 0 Å². The zero-order valence-electron chi connectivity index (χ0n) is 12.3. The van der Waals surface area contributed by atoms with Crippen LogP contribution in [0.5, 0.6) is 5.75 Å². The molecular weight excluding hydrogens is 264 g/mol. The van der Waals surface area contributed by atoms with E-state index in [2.05, 4.69) is 0 Å². The molecule has 3 N–H and O–H groups in total. The summed E-state index contributed by atoms with van der Waals surface area (Å²) in [6, 6.07) is 14.2. The number of anilines is 1. The first-order valence-electron chi connectivity index (χ1n) is 6.87. The van der Waals surface area contributed by atoms with Gasteiger partial charge in [-0.2, -0.15) is 0 Å². The quantitative estimate of drug-likeness (QED) is 0.848. The number of rotatable bonds is 4. The van der Waals surface area contributed by atoms with Crippen LogP contribution in [0.1, 0.15) is 24.1 Å². The normalized spacial score (nSPS) is 11.9. The van der Waals surface area contributed by atoms with Gasteiger partial charge in [0.1, 0.15) is 5.75 Å². The fraction of sp³-hybridized carbons (Fsp3) is 0.235. The largest absolute Gasteiger partial charge is 0.508 e. The first-order valence-corrected chi connectivity index (χ1v) is 6.87. The molecule has 1 unspecified atom stereocenters. The van der Waals surface area contributed by atoms with Gasteiger partial charge in [-0.25, -0.2) is 0 Å². The number of benzene rings is 2. The highest BCUT2D eigenvalue weighted by atomic mass is 16.3. The Morgan fingerprint density at radius 2 is 1.81 bits per heavy atom. The molecule has 1 amide bonds. The molecule has 0 aliphatic carbocycles. The zero-order chi connectivity index (χ0) is 15.4. The summed E-state index contributed by atoms with van der Waals surface area (Å²) >= 11 is 0. The minimum absolute atomic E-state index is 0.0383. The van der Waals surface area contributed by atoms with E-state index in [0.29, 0.717) is 5.69 Å². The fourth-order valence-electron chi connectivity index (χ4n) is 2.25. The summed E-state index contributed by atoms with van der Waals surface area (Å²) in [5.74, 6) is 0.160. The number of para-hydroxylation sites is 2. The van der Waals surface area contributed by atoms with Gasteiger partial charge < -0.3 is 15.7 Å². The molecular formula is C17H20N2O2. The van der Waals surface area contributed by atoms with Crippen molar-refractivity contribution >= 4 is 11.6 Å². The lowest BCUT2D eigenvalue weighted by molar-refractivity contribution is -0.131. The number of hydrogen-bond acceptors (Lipinski definition) is 3. The van der Waals surface area contributed by atoms with Crippen LogP contribution in [0.15, 0.2) is 48.5 Å². The van der Waals surface area contributed by atoms with Crippen LogP contribution in [0.25, 0.3) is 0 Å². The summed E-state index contributed by atoms with van der Waals surface area (Å²) in [6.07, 6.45) is 0.251. The van der Waals surface area contributed by atoms with Crippen molar-refractivity contribution in [2.75, 3.05) is 12.8 Å². The molecule has 1 atom stereocenters. The average Bonchev–Trinajstić information content (AvgIpc) is 2.48. The molecule has 0 spiro atoms. The van der Waals surface area contributed by atoms with Gasteiger partial charge in [-0.1, -0.05) is 36.4 Å². The molecule has 2 rings (SSSR count). The van der Waals surface area contributed by atoms with Crippen molar-refractivity contribution in [2.45, 2.75) is 19.4 Å². The third-order valence-electron chi connectivity index (χ3n) is 3.76. The Hall–Kier alpha value is -2.49. The third kappa shape index (κ3) is 3.34. The van der Waals surface area contributed by atoms with Crippen LogP contribution >= 0.6 is 0 Å². The first kappa shape index (κ1) is 14.9. The van der Waals surface area contributed by atoms with Crippen LogP contribution in [0.3, 0.4) is 0 Å². The van der Waals surface area contributed by atoms with E-state index in [9.17, 15) is 9.90 Å². The lowest BCUT2D eigenvalue weighted by Crippen LogP contribution is -2.31. The topological polar surface area (TPSA) is 66.6 Å². The van der Waals surface area contributed by atoms with Gasteiger partial charge in [0.25, 0.3) is 0 Å². The van der Waals surface area contributed by atoms with Gasteiger partial charge in [0.2, 0.25) is 5.91 Å². The number of carbonyl (C=O) groups is 1. The molecule has 0 fully saturated rings. The number of phenols is 1. The highest BCUT2D eigenvalue weighted by Crippen LogP contribution is 2.27. The Morgan fingerprint density at radius 1 is 1.19 bits per heavy atom. The van der Waals surface area contributed by atoms with Crippen molar-refractivity contribution in [3.05, 3.63) is 59.7 Å². The highest BCUT2D eigenvalue weighted by molar-refractivity contribution is 5.80. The van der Waals surface area contributed by atoms with E-state index in [4.69, 9.17) is 5.73 Å². The smallest absolute Gasteiger partial charge is 0.227 e. The Balaban J connectivity index is 2.13. The molecule has 0 saturated heterocycles. The minimum atomic E-state index is -0.205. The van der Waals surface area contributed by atoms with Gasteiger partial charge in [0, 0.05) is 18.3 Å². The van der Waals surface area contributed by atoms with Gasteiger partial charge in [0.15, 0.2) is 0 Å². The number of nitrogen functional groups attached to an aromatic ring is 1. The summed E-state index contributed by atoms with van der Waals surface area (Å²) in [6.45, 7) is 1.89. The van der Waals surface area contributed by atoms with E-state index in [-0.39, 0.29) is 24.1 Å². The van der Waals surface area contributed by atoms with E-state index in [1.165, 1.54) is 0 Å². The van der Waals surface area contributed by atoms with Crippen LogP contribution < -0.4 is 5.73 Å². The van der Waals surface area contributed by atoms with Crippen LogP contribution in [0, 0.1) is 0 Å². The van der Waals surface area contributed by atoms with Crippen molar-refractivity contribution < 1.29 is 9.90 Å². The molecule has 0 bridgehead atoms. The third-order valence-corrected chi connectivity index (χ3v) is 3.76. The van der Waals surface area contributed by atoms with Gasteiger partial charge in [-0.15, -0.1) is 0 Å². The summed E-state index contributed by atoms with van der Waals surface area (Å²) in [5, 5.41) is 9.89. The molecule has 2 aromatic carbocycles. The molecule has 0 aromatic heterocycles. The maximum Gasteiger partial charge on any atom is 0.227 e. The van der Waals surface area contributed by atoms with E-state index in [1.54, 1.807) is 30.1 Å². The number of nitrogens with two attached hydrogens (primary N) is 1. The van der Waals surface area contributed by atoms with Crippen LogP contribution in [0.4, 0.5) is 5.69 Å². The van der Waals surface area contributed by atoms with Crippen molar-refractivity contribution in [1.82, 2.24) is 4.90 Å². The van der Waals surface area contributed by atoms with Crippen molar-refractivity contribution in [1.29, 1.82) is 0 Å². The molecule has 0 heterocycles. The second-order valence-electron chi connectivity index (χ2n) is 5.12. The van der Waals surface area contributed by atoms with E-state index < -0.39 is 0 Å². The minimum Gasteiger partial charge on any atom is -0.508 e. The molecule has 4 heteroatoms. The molecule has 110 valence electrons. The predicted octanol–water partition coefficient (Wildman–Crippen LogP) is 2.74. The Kier molecular flexibility index (Phi) is 4.48. The van der Waals surface area contributed by atoms with Crippen LogP contribution in [-0.4, -0.2) is 23.0 Å². The SMILES string of the molecule is CC(c1ccccc1O)N(C)C(=O)Cc1ccccc1N. The lowest BCUT2D eigenvalue weighted by atomic mass is 10.0. The molecule has 0 saturated carbocycles. The summed E-state index contributed by atoms with van der Waals surface area (Å²) in [5.41, 5.74) is 8.04. The summed E-state index contributed by atoms with van der Waals surface area (Å²) < 4.78 is 0. The standard InChI is InChI=1S/C17H20N2O2/c1-12(14-8-4-6-10-16(14)20)19(2)17(21)11-13-7-3-5-9-15(13)18/h3-10,12,20H,11,18H2,1-2H3. The Labute approximate surface area is 124 Å². The zero-order valence-corrected chi connectivity index (χ0v) is 12.3. The fourth-order valence-corrected chi connectivity index (χ4v) is 2.25. The molecule has 4 nitrogen and oxygen atoms in total. The van der Waals surface area contributed by atoms with Gasteiger partial charge in [-0.05, 0) is 24.6 Å². The van der Waals surface area contributed by atoms with Crippen LogP contribution in [-0.2, 0) is 11.2 Å². The predicted molar refractivity (Wildman–Crippen MR) is 83.9 cm³/mol. The van der Waals surface area contributed by atoms with E-state index in [0.717, 1.165) is 11.1 Å². The Bertz CT molecular complexity index is 640. The summed E-state index contributed by atoms with van der Waals surface area (Å²) in [7, 11) is 1.73. The van der Waals surface area contributed by atoms with Crippen molar-refractivity contribution in [2.24, 2.45) is 0 Å². The van der Waals surface area contributed by atoms with Crippen molar-refractivity contribution in [3.63, 3.8) is 0 Å². The second-order valence-corrected chi connectivity index (χ2v) is 5.12.